The van der Waals surface area contributed by atoms with Crippen LogP contribution < -0.4 is 0 Å². The molecule has 138 valence electrons. The molecule has 2 unspecified atom stereocenters. The highest BCUT2D eigenvalue weighted by atomic mass is 35.5. The lowest BCUT2D eigenvalue weighted by Crippen LogP contribution is -2.48. The molecule has 0 radical (unpaired) electrons. The van der Waals surface area contributed by atoms with E-state index < -0.39 is 21.9 Å². The Hall–Kier alpha value is -1.64. The summed E-state index contributed by atoms with van der Waals surface area (Å²) in [5, 5.41) is 9.55. The molecule has 1 aromatic rings. The van der Waals surface area contributed by atoms with Crippen molar-refractivity contribution in [1.82, 2.24) is 9.21 Å². The second-order valence-electron chi connectivity index (χ2n) is 6.27. The fourth-order valence-corrected chi connectivity index (χ4v) is 4.15. The van der Waals surface area contributed by atoms with Gasteiger partial charge in [-0.1, -0.05) is 18.5 Å². The first kappa shape index (κ1) is 19.7. The lowest BCUT2D eigenvalue weighted by molar-refractivity contribution is -0.148. The van der Waals surface area contributed by atoms with Gasteiger partial charge in [0, 0.05) is 25.2 Å². The van der Waals surface area contributed by atoms with Gasteiger partial charge in [-0.05, 0) is 36.6 Å². The number of carbonyl (C=O) groups excluding carboxylic acids is 1. The average molecular weight is 389 g/mol. The van der Waals surface area contributed by atoms with Gasteiger partial charge in [0.05, 0.1) is 17.4 Å². The van der Waals surface area contributed by atoms with Crippen molar-refractivity contribution in [2.45, 2.75) is 18.2 Å². The molecule has 1 amide bonds. The number of hydrogen-bond donors (Lipinski definition) is 1. The van der Waals surface area contributed by atoms with Crippen LogP contribution in [0.15, 0.2) is 29.2 Å². The first-order valence-electron chi connectivity index (χ1n) is 7.85. The molecule has 0 aromatic heterocycles. The number of aliphatic carboxylic acids is 1. The maximum absolute atomic E-state index is 12.5. The molecule has 1 saturated heterocycles. The van der Waals surface area contributed by atoms with Crippen molar-refractivity contribution >= 4 is 33.5 Å². The van der Waals surface area contributed by atoms with Gasteiger partial charge in [-0.15, -0.1) is 0 Å². The van der Waals surface area contributed by atoms with Crippen molar-refractivity contribution in [2.75, 3.05) is 26.7 Å². The van der Waals surface area contributed by atoms with Crippen LogP contribution >= 0.6 is 11.6 Å². The van der Waals surface area contributed by atoms with E-state index in [0.29, 0.717) is 24.5 Å². The van der Waals surface area contributed by atoms with E-state index in [1.165, 1.54) is 36.2 Å². The second-order valence-corrected chi connectivity index (χ2v) is 8.75. The van der Waals surface area contributed by atoms with Gasteiger partial charge in [0.2, 0.25) is 15.9 Å². The zero-order chi connectivity index (χ0) is 18.8. The molecule has 2 rings (SSSR count). The number of halogens is 1. The maximum Gasteiger partial charge on any atom is 0.306 e. The van der Waals surface area contributed by atoms with Gasteiger partial charge in [0.1, 0.15) is 0 Å². The van der Waals surface area contributed by atoms with Gasteiger partial charge in [0.25, 0.3) is 0 Å². The standard InChI is InChI=1S/C16H21ClN2O5S/c1-11-9-19(8-7-14(11)16(21)22)15(20)10-18(2)25(23,24)13-5-3-12(17)4-6-13/h3-6,11,14H,7-10H2,1-2H3,(H,21,22). The molecule has 0 aliphatic carbocycles. The predicted molar refractivity (Wildman–Crippen MR) is 92.8 cm³/mol. The third-order valence-electron chi connectivity index (χ3n) is 4.45. The van der Waals surface area contributed by atoms with Gasteiger partial charge in [-0.2, -0.15) is 4.31 Å². The molecule has 1 aromatic carbocycles. The number of hydrogen-bond acceptors (Lipinski definition) is 4. The topological polar surface area (TPSA) is 95.0 Å². The lowest BCUT2D eigenvalue weighted by atomic mass is 9.87. The first-order valence-corrected chi connectivity index (χ1v) is 9.67. The van der Waals surface area contributed by atoms with Crippen molar-refractivity contribution in [3.63, 3.8) is 0 Å². The van der Waals surface area contributed by atoms with Crippen molar-refractivity contribution in [3.8, 4) is 0 Å². The van der Waals surface area contributed by atoms with Crippen LogP contribution in [0.25, 0.3) is 0 Å². The Balaban J connectivity index is 2.02. The van der Waals surface area contributed by atoms with E-state index in [0.717, 1.165) is 4.31 Å². The molecule has 1 aliphatic heterocycles. The number of nitrogens with zero attached hydrogens (tertiary/aromatic N) is 2. The predicted octanol–water partition coefficient (Wildman–Crippen LogP) is 1.53. The van der Waals surface area contributed by atoms with Gasteiger partial charge in [-0.25, -0.2) is 8.42 Å². The quantitative estimate of drug-likeness (QED) is 0.825. The Morgan fingerprint density at radius 3 is 2.44 bits per heavy atom. The number of benzene rings is 1. The molecule has 0 spiro atoms. The van der Waals surface area contributed by atoms with Gasteiger partial charge >= 0.3 is 5.97 Å². The van der Waals surface area contributed by atoms with Gasteiger partial charge in [0.15, 0.2) is 0 Å². The number of carboxylic acids is 1. The molecule has 1 heterocycles. The summed E-state index contributed by atoms with van der Waals surface area (Å²) in [5.74, 6) is -1.84. The molecule has 0 saturated carbocycles. The molecule has 25 heavy (non-hydrogen) atoms. The van der Waals surface area contributed by atoms with Crippen LogP contribution in [0.1, 0.15) is 13.3 Å². The van der Waals surface area contributed by atoms with Gasteiger partial charge in [-0.3, -0.25) is 9.59 Å². The third-order valence-corrected chi connectivity index (χ3v) is 6.52. The minimum absolute atomic E-state index is 0.0603. The number of likely N-dealkylation sites (N-methyl/N-ethyl adjacent to an activating group) is 1. The minimum Gasteiger partial charge on any atom is -0.481 e. The van der Waals surface area contributed by atoms with Crippen molar-refractivity contribution < 1.29 is 23.1 Å². The largest absolute Gasteiger partial charge is 0.481 e. The van der Waals surface area contributed by atoms with Crippen LogP contribution in [0.2, 0.25) is 5.02 Å². The Bertz CT molecular complexity index is 750. The van der Waals surface area contributed by atoms with Crippen LogP contribution in [0.3, 0.4) is 0 Å². The zero-order valence-corrected chi connectivity index (χ0v) is 15.6. The number of piperidine rings is 1. The third kappa shape index (κ3) is 4.50. The van der Waals surface area contributed by atoms with Crippen LogP contribution in [-0.2, 0) is 19.6 Å². The second kappa shape index (κ2) is 7.72. The summed E-state index contributed by atoms with van der Waals surface area (Å²) in [4.78, 5) is 25.1. The lowest BCUT2D eigenvalue weighted by Gasteiger charge is -2.35. The Morgan fingerprint density at radius 2 is 1.92 bits per heavy atom. The zero-order valence-electron chi connectivity index (χ0n) is 14.1. The first-order chi connectivity index (χ1) is 11.6. The van der Waals surface area contributed by atoms with E-state index in [4.69, 9.17) is 16.7 Å². The summed E-state index contributed by atoms with van der Waals surface area (Å²) in [7, 11) is -2.45. The monoisotopic (exact) mass is 388 g/mol. The van der Waals surface area contributed by atoms with E-state index in [1.807, 2.05) is 0 Å². The summed E-state index contributed by atoms with van der Waals surface area (Å²) in [6.07, 6.45) is 0.371. The van der Waals surface area contributed by atoms with Crippen LogP contribution in [0.5, 0.6) is 0 Å². The highest BCUT2D eigenvalue weighted by molar-refractivity contribution is 7.89. The fourth-order valence-electron chi connectivity index (χ4n) is 2.90. The molecular formula is C16H21ClN2O5S. The number of amides is 1. The number of carbonyl (C=O) groups is 2. The highest BCUT2D eigenvalue weighted by Crippen LogP contribution is 2.24. The number of sulfonamides is 1. The van der Waals surface area contributed by atoms with Crippen LogP contribution in [0.4, 0.5) is 0 Å². The SMILES string of the molecule is CC1CN(C(=O)CN(C)S(=O)(=O)c2ccc(Cl)cc2)CCC1C(=O)O. The van der Waals surface area contributed by atoms with Crippen molar-refractivity contribution in [2.24, 2.45) is 11.8 Å². The molecule has 9 heteroatoms. The van der Waals surface area contributed by atoms with E-state index in [-0.39, 0.29) is 23.3 Å². The number of carboxylic acid groups (broad SMARTS) is 1. The summed E-state index contributed by atoms with van der Waals surface area (Å²) in [6.45, 7) is 2.11. The Labute approximate surface area is 152 Å². The van der Waals surface area contributed by atoms with Gasteiger partial charge < -0.3 is 10.0 Å². The van der Waals surface area contributed by atoms with Crippen molar-refractivity contribution in [1.29, 1.82) is 0 Å². The van der Waals surface area contributed by atoms with E-state index >= 15 is 0 Å². The maximum atomic E-state index is 12.5. The normalized spacial score (nSPS) is 21.4. The summed E-state index contributed by atoms with van der Waals surface area (Å²) < 4.78 is 26.0. The Kier molecular flexibility index (Phi) is 6.08. The number of likely N-dealkylation sites (tertiary alicyclic amines) is 1. The van der Waals surface area contributed by atoms with Crippen LogP contribution in [0, 0.1) is 11.8 Å². The molecule has 2 atom stereocenters. The molecule has 1 N–H and O–H groups in total. The highest BCUT2D eigenvalue weighted by Gasteiger charge is 2.34. The smallest absolute Gasteiger partial charge is 0.306 e. The molecule has 7 nitrogen and oxygen atoms in total. The minimum atomic E-state index is -3.79. The van der Waals surface area contributed by atoms with E-state index in [9.17, 15) is 18.0 Å². The fraction of sp³-hybridized carbons (Fsp3) is 0.500. The van der Waals surface area contributed by atoms with E-state index in [1.54, 1.807) is 6.92 Å². The molecule has 1 aliphatic rings. The molecular weight excluding hydrogens is 368 g/mol. The van der Waals surface area contributed by atoms with Crippen molar-refractivity contribution in [3.05, 3.63) is 29.3 Å². The number of rotatable bonds is 5. The summed E-state index contributed by atoms with van der Waals surface area (Å²) in [6, 6.07) is 5.73. The van der Waals surface area contributed by atoms with Crippen LogP contribution in [-0.4, -0.2) is 61.3 Å². The molecule has 0 bridgehead atoms. The summed E-state index contributed by atoms with van der Waals surface area (Å²) >= 11 is 5.76. The van der Waals surface area contributed by atoms with E-state index in [2.05, 4.69) is 0 Å². The average Bonchev–Trinajstić information content (AvgIpc) is 2.54. The molecule has 1 fully saturated rings. The Morgan fingerprint density at radius 1 is 1.32 bits per heavy atom. The summed E-state index contributed by atoms with van der Waals surface area (Å²) in [5.41, 5.74) is 0.